The number of carbonyl (C=O) groups is 3. The topological polar surface area (TPSA) is 169 Å². The summed E-state index contributed by atoms with van der Waals surface area (Å²) in [5, 5.41) is 42.6. The first-order valence-electron chi connectivity index (χ1n) is 10.0. The van der Waals surface area contributed by atoms with Crippen LogP contribution in [0.2, 0.25) is 0 Å². The number of aliphatic hydroxyl groups is 1. The number of nitrogens with zero attached hydrogens (tertiary/aromatic N) is 1. The van der Waals surface area contributed by atoms with Crippen LogP contribution in [0.15, 0.2) is 30.3 Å². The van der Waals surface area contributed by atoms with E-state index in [0.717, 1.165) is 0 Å². The van der Waals surface area contributed by atoms with Crippen molar-refractivity contribution in [1.82, 2.24) is 0 Å². The molecule has 10 nitrogen and oxygen atoms in total. The fraction of sp³-hybridized carbons (Fsp3) is 0.304. The second-order valence-corrected chi connectivity index (χ2v) is 7.05. The summed E-state index contributed by atoms with van der Waals surface area (Å²) in [6, 6.07) is 8.97. The molecule has 1 unspecified atom stereocenters. The van der Waals surface area contributed by atoms with E-state index in [1.807, 2.05) is 18.3 Å². The van der Waals surface area contributed by atoms with Crippen LogP contribution >= 0.6 is 0 Å². The van der Waals surface area contributed by atoms with Gasteiger partial charge in [-0.3, -0.25) is 9.59 Å². The summed E-state index contributed by atoms with van der Waals surface area (Å²) in [5.41, 5.74) is 0.432. The molecule has 2 aromatic rings. The van der Waals surface area contributed by atoms with E-state index in [2.05, 4.69) is 0 Å². The summed E-state index contributed by atoms with van der Waals surface area (Å²) >= 11 is 0. The minimum Gasteiger partial charge on any atom is -0.540 e. The smallest absolute Gasteiger partial charge is 0.540 e. The number of anilines is 1. The average Bonchev–Trinajstić information content (AvgIpc) is 2.77. The SMILES string of the molecule is CCCc1c(OCC(O)COc2cccc(NC(=O)C(=O)[O-])c2C#N)ccc(C(C)=O)c1O.[Na+]. The molecule has 0 bridgehead atoms. The van der Waals surface area contributed by atoms with E-state index in [1.54, 1.807) is 6.07 Å². The van der Waals surface area contributed by atoms with Gasteiger partial charge in [0, 0.05) is 5.56 Å². The van der Waals surface area contributed by atoms with Crippen molar-refractivity contribution in [3.8, 4) is 23.3 Å². The van der Waals surface area contributed by atoms with Crippen molar-refractivity contribution in [2.45, 2.75) is 32.8 Å². The number of ketones is 1. The van der Waals surface area contributed by atoms with Crippen molar-refractivity contribution >= 4 is 23.3 Å². The Morgan fingerprint density at radius 3 is 2.35 bits per heavy atom. The molecule has 34 heavy (non-hydrogen) atoms. The molecule has 3 N–H and O–H groups in total. The van der Waals surface area contributed by atoms with E-state index >= 15 is 0 Å². The third-order valence-electron chi connectivity index (χ3n) is 4.55. The second-order valence-electron chi connectivity index (χ2n) is 7.05. The van der Waals surface area contributed by atoms with Gasteiger partial charge in [0.1, 0.15) is 54.2 Å². The molecule has 0 aromatic heterocycles. The number of nitrogens with one attached hydrogen (secondary N) is 1. The first-order valence-corrected chi connectivity index (χ1v) is 10.0. The summed E-state index contributed by atoms with van der Waals surface area (Å²) in [6.45, 7) is 2.76. The van der Waals surface area contributed by atoms with Gasteiger partial charge in [-0.1, -0.05) is 19.4 Å². The molecule has 1 atom stereocenters. The quantitative estimate of drug-likeness (QED) is 0.197. The number of hydrogen-bond acceptors (Lipinski definition) is 9. The Morgan fingerprint density at radius 2 is 1.79 bits per heavy atom. The van der Waals surface area contributed by atoms with Crippen LogP contribution in [-0.4, -0.2) is 47.2 Å². The van der Waals surface area contributed by atoms with Crippen LogP contribution in [0.1, 0.15) is 41.8 Å². The number of ether oxygens (including phenoxy) is 2. The van der Waals surface area contributed by atoms with Gasteiger partial charge in [0.2, 0.25) is 0 Å². The zero-order valence-corrected chi connectivity index (χ0v) is 21.1. The van der Waals surface area contributed by atoms with Gasteiger partial charge in [-0.25, -0.2) is 0 Å². The maximum Gasteiger partial charge on any atom is 1.00 e. The molecule has 1 amide bonds. The number of hydrogen-bond donors (Lipinski definition) is 3. The van der Waals surface area contributed by atoms with E-state index in [4.69, 9.17) is 9.47 Å². The fourth-order valence-corrected chi connectivity index (χ4v) is 2.99. The molecule has 0 heterocycles. The molecule has 2 rings (SSSR count). The van der Waals surface area contributed by atoms with Gasteiger partial charge in [-0.05, 0) is 37.6 Å². The standard InChI is InChI=1S/C23H24N2O8.Na/c1-3-5-16-20(9-8-15(13(2)26)21(16)28)33-12-14(27)11-32-19-7-4-6-18(17(19)10-24)25-22(29)23(30)31;/h4,6-9,14,27-28H,3,5,11-12H2,1-2H3,(H,25,29)(H,30,31);/q;+1/p-1. The molecule has 0 aliphatic carbocycles. The summed E-state index contributed by atoms with van der Waals surface area (Å²) in [7, 11) is 0. The number of nitriles is 1. The molecule has 11 heteroatoms. The van der Waals surface area contributed by atoms with Crippen LogP contribution < -0.4 is 49.5 Å². The fourth-order valence-electron chi connectivity index (χ4n) is 2.99. The van der Waals surface area contributed by atoms with Crippen molar-refractivity contribution in [2.24, 2.45) is 0 Å². The first kappa shape index (κ1) is 28.9. The number of benzene rings is 2. The van der Waals surface area contributed by atoms with Gasteiger partial charge in [-0.2, -0.15) is 5.26 Å². The predicted molar refractivity (Wildman–Crippen MR) is 114 cm³/mol. The van der Waals surface area contributed by atoms with Crippen molar-refractivity contribution in [3.05, 3.63) is 47.0 Å². The summed E-state index contributed by atoms with van der Waals surface area (Å²) in [4.78, 5) is 33.6. The van der Waals surface area contributed by atoms with E-state index in [9.17, 15) is 35.0 Å². The normalized spacial score (nSPS) is 10.9. The van der Waals surface area contributed by atoms with Crippen molar-refractivity contribution in [2.75, 3.05) is 18.5 Å². The van der Waals surface area contributed by atoms with Gasteiger partial charge in [0.05, 0.1) is 11.3 Å². The second kappa shape index (κ2) is 13.6. The molecular formula is C23H23N2NaO8. The largest absolute Gasteiger partial charge is 1.00 e. The van der Waals surface area contributed by atoms with Crippen LogP contribution in [0.3, 0.4) is 0 Å². The van der Waals surface area contributed by atoms with E-state index in [0.29, 0.717) is 24.2 Å². The maximum absolute atomic E-state index is 11.7. The maximum atomic E-state index is 11.7. The van der Waals surface area contributed by atoms with Gasteiger partial charge < -0.3 is 34.9 Å². The number of carbonyl (C=O) groups excluding carboxylic acids is 3. The van der Waals surface area contributed by atoms with Crippen molar-refractivity contribution < 1.29 is 68.7 Å². The van der Waals surface area contributed by atoms with Crippen LogP contribution in [0.5, 0.6) is 17.2 Å². The molecule has 0 aliphatic rings. The molecule has 0 spiro atoms. The van der Waals surface area contributed by atoms with Crippen molar-refractivity contribution in [1.29, 1.82) is 5.26 Å². The van der Waals surface area contributed by atoms with E-state index in [-0.39, 0.29) is 76.9 Å². The monoisotopic (exact) mass is 478 g/mol. The third kappa shape index (κ3) is 7.46. The Kier molecular flexibility index (Phi) is 11.5. The summed E-state index contributed by atoms with van der Waals surface area (Å²) < 4.78 is 11.1. The Bertz CT molecular complexity index is 1100. The Labute approximate surface area is 218 Å². The third-order valence-corrected chi connectivity index (χ3v) is 4.55. The molecule has 0 fully saturated rings. The minimum atomic E-state index is -1.96. The number of carboxylic acids is 1. The van der Waals surface area contributed by atoms with Gasteiger partial charge in [0.25, 0.3) is 5.91 Å². The van der Waals surface area contributed by atoms with E-state index < -0.39 is 18.0 Å². The molecule has 0 aliphatic heterocycles. The molecule has 0 saturated heterocycles. The zero-order chi connectivity index (χ0) is 24.5. The first-order chi connectivity index (χ1) is 15.7. The van der Waals surface area contributed by atoms with Crippen LogP contribution in [0, 0.1) is 11.3 Å². The molecular weight excluding hydrogens is 455 g/mol. The van der Waals surface area contributed by atoms with Crippen molar-refractivity contribution in [3.63, 3.8) is 0 Å². The van der Waals surface area contributed by atoms with Gasteiger partial charge in [0.15, 0.2) is 5.78 Å². The van der Waals surface area contributed by atoms with Gasteiger partial charge in [-0.15, -0.1) is 0 Å². The average molecular weight is 478 g/mol. The number of Topliss-reactive ketones (excluding diaryl/α,β-unsaturated/α-hetero) is 1. The van der Waals surface area contributed by atoms with Crippen LogP contribution in [0.25, 0.3) is 0 Å². The number of rotatable bonds is 10. The Morgan fingerprint density at radius 1 is 1.15 bits per heavy atom. The molecule has 174 valence electrons. The number of phenolic OH excluding ortho intramolecular Hbond substituents is 1. The molecule has 0 saturated carbocycles. The van der Waals surface area contributed by atoms with E-state index in [1.165, 1.54) is 31.2 Å². The molecule has 0 radical (unpaired) electrons. The summed E-state index contributed by atoms with van der Waals surface area (Å²) in [5.74, 6) is -3.47. The van der Waals surface area contributed by atoms with Crippen LogP contribution in [-0.2, 0) is 16.0 Å². The minimum absolute atomic E-state index is 0. The van der Waals surface area contributed by atoms with Crippen LogP contribution in [0.4, 0.5) is 5.69 Å². The number of aliphatic hydroxyl groups excluding tert-OH is 1. The summed E-state index contributed by atoms with van der Waals surface area (Å²) in [6.07, 6.45) is 0.0193. The Balaban J connectivity index is 0.00000578. The number of phenols is 1. The zero-order valence-electron chi connectivity index (χ0n) is 19.1. The predicted octanol–water partition coefficient (Wildman–Crippen LogP) is -2.07. The number of amides is 1. The Hall–Kier alpha value is -3.10. The molecule has 2 aromatic carbocycles. The van der Waals surface area contributed by atoms with Gasteiger partial charge >= 0.3 is 29.6 Å². The number of aliphatic carboxylic acids is 1. The number of carboxylic acid groups (broad SMARTS) is 1. The number of aromatic hydroxyl groups is 1.